The Bertz CT molecular complexity index is 912. The molecule has 0 unspecified atom stereocenters. The predicted molar refractivity (Wildman–Crippen MR) is 102 cm³/mol. The number of fused-ring (bicyclic) bond motifs is 3. The summed E-state index contributed by atoms with van der Waals surface area (Å²) in [7, 11) is 0. The van der Waals surface area contributed by atoms with Gasteiger partial charge in [-0.1, -0.05) is 12.1 Å². The Balaban J connectivity index is 1.57. The van der Waals surface area contributed by atoms with Gasteiger partial charge in [0.25, 0.3) is 0 Å². The van der Waals surface area contributed by atoms with E-state index in [1.54, 1.807) is 12.1 Å². The van der Waals surface area contributed by atoms with E-state index in [-0.39, 0.29) is 30.7 Å². The van der Waals surface area contributed by atoms with Crippen LogP contribution in [0.5, 0.6) is 0 Å². The first-order valence-electron chi connectivity index (χ1n) is 9.82. The van der Waals surface area contributed by atoms with E-state index < -0.39 is 17.7 Å². The number of nitrogens with one attached hydrogen (secondary N) is 1. The number of nitrogens with zero attached hydrogens (tertiary/aromatic N) is 1. The summed E-state index contributed by atoms with van der Waals surface area (Å²) in [5.74, 6) is -1.00. The van der Waals surface area contributed by atoms with Crippen LogP contribution in [0.4, 0.5) is 23.2 Å². The van der Waals surface area contributed by atoms with Gasteiger partial charge >= 0.3 is 6.18 Å². The van der Waals surface area contributed by atoms with Crippen molar-refractivity contribution in [3.05, 3.63) is 65.0 Å². The molecule has 1 fully saturated rings. The molecule has 0 spiro atoms. The molecule has 2 heterocycles. The highest BCUT2D eigenvalue weighted by Crippen LogP contribution is 2.41. The average molecular weight is 406 g/mol. The summed E-state index contributed by atoms with van der Waals surface area (Å²) in [6.45, 7) is 0.923. The number of hydrogen-bond acceptors (Lipinski definition) is 2. The van der Waals surface area contributed by atoms with Crippen LogP contribution in [-0.2, 0) is 23.9 Å². The lowest BCUT2D eigenvalue weighted by Crippen LogP contribution is -2.53. The van der Waals surface area contributed by atoms with Gasteiger partial charge < -0.3 is 10.2 Å². The quantitative estimate of drug-likeness (QED) is 0.750. The minimum absolute atomic E-state index is 0.0273. The van der Waals surface area contributed by atoms with E-state index >= 15 is 0 Å². The summed E-state index contributed by atoms with van der Waals surface area (Å²) < 4.78 is 52.8. The largest absolute Gasteiger partial charge is 0.416 e. The first kappa shape index (κ1) is 19.7. The number of amides is 1. The summed E-state index contributed by atoms with van der Waals surface area (Å²) in [6.07, 6.45) is -1.36. The fraction of sp³-hybridized carbons (Fsp3) is 0.409. The molecule has 154 valence electrons. The third-order valence-electron chi connectivity index (χ3n) is 5.86. The van der Waals surface area contributed by atoms with Crippen LogP contribution in [0.15, 0.2) is 42.5 Å². The molecule has 2 aromatic rings. The van der Waals surface area contributed by atoms with Crippen molar-refractivity contribution in [2.75, 3.05) is 11.4 Å². The monoisotopic (exact) mass is 406 g/mol. The molecule has 2 aromatic carbocycles. The molecule has 1 saturated heterocycles. The van der Waals surface area contributed by atoms with Crippen LogP contribution in [0.25, 0.3) is 0 Å². The number of piperidine rings is 1. The highest BCUT2D eigenvalue weighted by atomic mass is 19.4. The van der Waals surface area contributed by atoms with Crippen LogP contribution in [0.1, 0.15) is 36.0 Å². The number of rotatable bonds is 3. The van der Waals surface area contributed by atoms with Crippen LogP contribution in [0.3, 0.4) is 0 Å². The van der Waals surface area contributed by atoms with Crippen molar-refractivity contribution in [1.29, 1.82) is 0 Å². The van der Waals surface area contributed by atoms with Gasteiger partial charge in [0.05, 0.1) is 11.5 Å². The van der Waals surface area contributed by atoms with Gasteiger partial charge in [-0.2, -0.15) is 13.2 Å². The second kappa shape index (κ2) is 7.69. The van der Waals surface area contributed by atoms with Crippen molar-refractivity contribution >= 4 is 11.6 Å². The van der Waals surface area contributed by atoms with Gasteiger partial charge in [-0.3, -0.25) is 4.79 Å². The molecule has 0 bridgehead atoms. The lowest BCUT2D eigenvalue weighted by Gasteiger charge is -2.46. The maximum absolute atomic E-state index is 13.4. The number of benzene rings is 2. The van der Waals surface area contributed by atoms with Gasteiger partial charge in [0, 0.05) is 24.8 Å². The van der Waals surface area contributed by atoms with Crippen molar-refractivity contribution in [3.8, 4) is 0 Å². The minimum Gasteiger partial charge on any atom is -0.368 e. The first-order chi connectivity index (χ1) is 13.8. The van der Waals surface area contributed by atoms with E-state index in [2.05, 4.69) is 10.2 Å². The van der Waals surface area contributed by atoms with Gasteiger partial charge in [0.1, 0.15) is 5.82 Å². The van der Waals surface area contributed by atoms with Crippen LogP contribution >= 0.6 is 0 Å². The summed E-state index contributed by atoms with van der Waals surface area (Å²) >= 11 is 0. The fourth-order valence-corrected chi connectivity index (χ4v) is 4.49. The molecule has 1 amide bonds. The number of halogens is 4. The predicted octanol–water partition coefficient (Wildman–Crippen LogP) is 4.69. The van der Waals surface area contributed by atoms with Crippen molar-refractivity contribution in [2.24, 2.45) is 5.92 Å². The molecule has 0 aliphatic carbocycles. The van der Waals surface area contributed by atoms with Crippen LogP contribution in [-0.4, -0.2) is 18.5 Å². The zero-order valence-electron chi connectivity index (χ0n) is 15.8. The second-order valence-corrected chi connectivity index (χ2v) is 7.76. The van der Waals surface area contributed by atoms with E-state index in [9.17, 15) is 22.4 Å². The van der Waals surface area contributed by atoms with Crippen molar-refractivity contribution in [3.63, 3.8) is 0 Å². The molecule has 7 heteroatoms. The zero-order valence-corrected chi connectivity index (χ0v) is 15.8. The zero-order chi connectivity index (χ0) is 20.6. The van der Waals surface area contributed by atoms with Gasteiger partial charge in [-0.05, 0) is 67.1 Å². The Labute approximate surface area is 166 Å². The van der Waals surface area contributed by atoms with Crippen LogP contribution in [0, 0.1) is 11.7 Å². The molecular formula is C22H22F4N2O. The Kier molecular flexibility index (Phi) is 5.23. The van der Waals surface area contributed by atoms with E-state index in [1.165, 1.54) is 24.3 Å². The highest BCUT2D eigenvalue weighted by Gasteiger charge is 2.40. The van der Waals surface area contributed by atoms with Gasteiger partial charge in [0.15, 0.2) is 0 Å². The number of alkyl halides is 3. The normalized spacial score (nSPS) is 21.3. The maximum atomic E-state index is 13.4. The van der Waals surface area contributed by atoms with E-state index in [4.69, 9.17) is 0 Å². The number of carbonyl (C=O) groups excluding carboxylic acids is 1. The SMILES string of the molecule is O=C(NCc1cccc(F)c1)[C@H]1Cc2cc(C(F)(F)F)ccc2N2CCCC[C@@H]12. The lowest BCUT2D eigenvalue weighted by molar-refractivity contribution is -0.137. The third kappa shape index (κ3) is 4.09. The molecule has 2 atom stereocenters. The third-order valence-corrected chi connectivity index (χ3v) is 5.86. The van der Waals surface area contributed by atoms with E-state index in [0.717, 1.165) is 37.6 Å². The Hall–Kier alpha value is -2.57. The fourth-order valence-electron chi connectivity index (χ4n) is 4.49. The van der Waals surface area contributed by atoms with Crippen LogP contribution < -0.4 is 10.2 Å². The summed E-state index contributed by atoms with van der Waals surface area (Å²) in [5, 5.41) is 2.85. The highest BCUT2D eigenvalue weighted by molar-refractivity contribution is 5.82. The molecule has 1 N–H and O–H groups in total. The Morgan fingerprint density at radius 1 is 1.14 bits per heavy atom. The number of hydrogen-bond donors (Lipinski definition) is 1. The van der Waals surface area contributed by atoms with Crippen molar-refractivity contribution in [1.82, 2.24) is 5.32 Å². The Morgan fingerprint density at radius 2 is 1.97 bits per heavy atom. The molecule has 4 rings (SSSR count). The number of anilines is 1. The van der Waals surface area contributed by atoms with Gasteiger partial charge in [-0.15, -0.1) is 0 Å². The number of carbonyl (C=O) groups is 1. The molecule has 29 heavy (non-hydrogen) atoms. The summed E-state index contributed by atoms with van der Waals surface area (Å²) in [6, 6.07) is 9.80. The van der Waals surface area contributed by atoms with Gasteiger partial charge in [-0.25, -0.2) is 4.39 Å². The van der Waals surface area contributed by atoms with Crippen LogP contribution in [0.2, 0.25) is 0 Å². The van der Waals surface area contributed by atoms with Gasteiger partial charge in [0.2, 0.25) is 5.91 Å². The molecule has 0 aromatic heterocycles. The topological polar surface area (TPSA) is 32.3 Å². The molecule has 2 aliphatic heterocycles. The minimum atomic E-state index is -4.41. The first-order valence-corrected chi connectivity index (χ1v) is 9.82. The smallest absolute Gasteiger partial charge is 0.368 e. The second-order valence-electron chi connectivity index (χ2n) is 7.76. The van der Waals surface area contributed by atoms with Crippen molar-refractivity contribution < 1.29 is 22.4 Å². The standard InChI is InChI=1S/C22H22F4N2O/c23-17-5-3-4-14(10-17)13-27-21(29)18-12-15-11-16(22(24,25)26)7-8-19(15)28-9-2-1-6-20(18)28/h3-5,7-8,10-11,18,20H,1-2,6,9,12-13H2,(H,27,29)/t18-,20-/m0/s1. The van der Waals surface area contributed by atoms with Crippen molar-refractivity contribution in [2.45, 2.75) is 44.4 Å². The lowest BCUT2D eigenvalue weighted by atomic mass is 9.80. The summed E-state index contributed by atoms with van der Waals surface area (Å²) in [4.78, 5) is 15.0. The Morgan fingerprint density at radius 3 is 2.72 bits per heavy atom. The molecule has 2 aliphatic rings. The summed E-state index contributed by atoms with van der Waals surface area (Å²) in [5.41, 5.74) is 1.32. The maximum Gasteiger partial charge on any atom is 0.416 e. The molecule has 0 saturated carbocycles. The molecular weight excluding hydrogens is 384 g/mol. The average Bonchev–Trinajstić information content (AvgIpc) is 2.70. The molecule has 0 radical (unpaired) electrons. The molecule has 3 nitrogen and oxygen atoms in total. The van der Waals surface area contributed by atoms with E-state index in [1.807, 2.05) is 0 Å². The van der Waals surface area contributed by atoms with E-state index in [0.29, 0.717) is 11.1 Å².